The zero-order valence-electron chi connectivity index (χ0n) is 10.7. The summed E-state index contributed by atoms with van der Waals surface area (Å²) in [5.74, 6) is 1.68. The van der Waals surface area contributed by atoms with Crippen LogP contribution in [-0.4, -0.2) is 24.1 Å². The van der Waals surface area contributed by atoms with Crippen LogP contribution in [0.2, 0.25) is 5.02 Å². The van der Waals surface area contributed by atoms with E-state index in [0.29, 0.717) is 0 Å². The molecule has 2 aromatic rings. The average Bonchev–Trinajstić information content (AvgIpc) is 2.38. The molecule has 0 saturated carbocycles. The van der Waals surface area contributed by atoms with Crippen LogP contribution in [0.25, 0.3) is 0 Å². The maximum absolute atomic E-state index is 6.11. The van der Waals surface area contributed by atoms with Gasteiger partial charge in [0.25, 0.3) is 0 Å². The van der Waals surface area contributed by atoms with Crippen molar-refractivity contribution in [3.05, 3.63) is 47.1 Å². The Morgan fingerprint density at radius 1 is 1.21 bits per heavy atom. The topological polar surface area (TPSA) is 29.0 Å². The summed E-state index contributed by atoms with van der Waals surface area (Å²) in [5.41, 5.74) is 1.10. The number of hydrogen-bond donors (Lipinski definition) is 0. The fraction of sp³-hybridized carbons (Fsp3) is 0.231. The summed E-state index contributed by atoms with van der Waals surface area (Å²) in [7, 11) is 3.93. The Morgan fingerprint density at radius 3 is 2.63 bits per heavy atom. The number of aromatic nitrogens is 2. The fourth-order valence-corrected chi connectivity index (χ4v) is 2.52. The quantitative estimate of drug-likeness (QED) is 0.632. The molecule has 1 aromatic heterocycles. The molecule has 0 saturated heterocycles. The van der Waals surface area contributed by atoms with Gasteiger partial charge in [-0.25, -0.2) is 9.97 Å². The number of benzene rings is 1. The summed E-state index contributed by atoms with van der Waals surface area (Å²) in [4.78, 5) is 10.7. The molecule has 102 valence electrons. The first kappa shape index (κ1) is 16.1. The van der Waals surface area contributed by atoms with Gasteiger partial charge >= 0.3 is 0 Å². The van der Waals surface area contributed by atoms with Gasteiger partial charge in [-0.3, -0.25) is 0 Å². The highest BCUT2D eigenvalue weighted by Crippen LogP contribution is 2.24. The van der Waals surface area contributed by atoms with Crippen molar-refractivity contribution in [3.63, 3.8) is 0 Å². The Hall–Kier alpha value is -0.970. The third-order valence-electron chi connectivity index (χ3n) is 2.39. The number of rotatable bonds is 4. The van der Waals surface area contributed by atoms with Gasteiger partial charge in [0, 0.05) is 31.1 Å². The second-order valence-corrected chi connectivity index (χ2v) is 5.32. The maximum atomic E-state index is 6.11. The van der Waals surface area contributed by atoms with E-state index in [9.17, 15) is 0 Å². The Labute approximate surface area is 128 Å². The van der Waals surface area contributed by atoms with Crippen LogP contribution in [0.4, 0.5) is 5.82 Å². The van der Waals surface area contributed by atoms with Crippen molar-refractivity contribution in [2.24, 2.45) is 0 Å². The number of thioether (sulfide) groups is 1. The van der Waals surface area contributed by atoms with Crippen molar-refractivity contribution >= 4 is 41.6 Å². The van der Waals surface area contributed by atoms with Gasteiger partial charge in [0.15, 0.2) is 5.16 Å². The molecular weight excluding hydrogens is 301 g/mol. The first-order chi connectivity index (χ1) is 8.66. The summed E-state index contributed by atoms with van der Waals surface area (Å²) in [6.45, 7) is 0. The van der Waals surface area contributed by atoms with Crippen LogP contribution in [0.3, 0.4) is 0 Å². The summed E-state index contributed by atoms with van der Waals surface area (Å²) in [5, 5.41) is 1.55. The summed E-state index contributed by atoms with van der Waals surface area (Å²) in [6, 6.07) is 9.72. The molecule has 0 aliphatic rings. The van der Waals surface area contributed by atoms with E-state index >= 15 is 0 Å². The molecule has 1 aromatic carbocycles. The molecule has 0 radical (unpaired) electrons. The monoisotopic (exact) mass is 315 g/mol. The van der Waals surface area contributed by atoms with Gasteiger partial charge in [0.05, 0.1) is 0 Å². The van der Waals surface area contributed by atoms with E-state index in [-0.39, 0.29) is 12.4 Å². The molecule has 0 N–H and O–H groups in total. The highest BCUT2D eigenvalue weighted by atomic mass is 35.5. The number of nitrogens with zero attached hydrogens (tertiary/aromatic N) is 3. The van der Waals surface area contributed by atoms with E-state index in [2.05, 4.69) is 9.97 Å². The predicted molar refractivity (Wildman–Crippen MR) is 84.6 cm³/mol. The summed E-state index contributed by atoms with van der Waals surface area (Å²) < 4.78 is 0. The number of halogens is 2. The normalized spacial score (nSPS) is 9.84. The van der Waals surface area contributed by atoms with Gasteiger partial charge in [-0.1, -0.05) is 41.6 Å². The third kappa shape index (κ3) is 4.56. The van der Waals surface area contributed by atoms with Gasteiger partial charge < -0.3 is 4.90 Å². The molecule has 0 bridgehead atoms. The van der Waals surface area contributed by atoms with Crippen LogP contribution in [-0.2, 0) is 5.75 Å². The van der Waals surface area contributed by atoms with Gasteiger partial charge in [-0.05, 0) is 17.7 Å². The van der Waals surface area contributed by atoms with Gasteiger partial charge in [-0.15, -0.1) is 12.4 Å². The van der Waals surface area contributed by atoms with Gasteiger partial charge in [0.2, 0.25) is 0 Å². The Balaban J connectivity index is 0.00000180. The lowest BCUT2D eigenvalue weighted by Crippen LogP contribution is -2.11. The van der Waals surface area contributed by atoms with Crippen LogP contribution >= 0.6 is 35.8 Å². The second kappa shape index (κ2) is 7.58. The summed E-state index contributed by atoms with van der Waals surface area (Å²) in [6.07, 6.45) is 1.78. The molecule has 0 atom stereocenters. The molecular formula is C13H15Cl2N3S. The van der Waals surface area contributed by atoms with E-state index in [4.69, 9.17) is 11.6 Å². The maximum Gasteiger partial charge on any atom is 0.189 e. The average molecular weight is 316 g/mol. The lowest BCUT2D eigenvalue weighted by atomic mass is 10.2. The van der Waals surface area contributed by atoms with E-state index < -0.39 is 0 Å². The van der Waals surface area contributed by atoms with Crippen molar-refractivity contribution in [3.8, 4) is 0 Å². The molecule has 0 aliphatic heterocycles. The van der Waals surface area contributed by atoms with Gasteiger partial charge in [-0.2, -0.15) is 0 Å². The Morgan fingerprint density at radius 2 is 1.95 bits per heavy atom. The number of hydrogen-bond acceptors (Lipinski definition) is 4. The first-order valence-electron chi connectivity index (χ1n) is 5.53. The molecule has 2 rings (SSSR count). The van der Waals surface area contributed by atoms with Crippen molar-refractivity contribution in [2.75, 3.05) is 19.0 Å². The Bertz CT molecular complexity index is 535. The SMILES string of the molecule is CN(C)c1ccnc(SCc2ccccc2Cl)n1.Cl. The molecule has 0 aliphatic carbocycles. The van der Waals surface area contributed by atoms with Crippen LogP contribution in [0.15, 0.2) is 41.7 Å². The molecule has 0 unspecified atom stereocenters. The van der Waals surface area contributed by atoms with Crippen molar-refractivity contribution in [1.82, 2.24) is 9.97 Å². The smallest absolute Gasteiger partial charge is 0.189 e. The minimum absolute atomic E-state index is 0. The molecule has 6 heteroatoms. The van der Waals surface area contributed by atoms with Crippen LogP contribution in [0.1, 0.15) is 5.56 Å². The lowest BCUT2D eigenvalue weighted by molar-refractivity contribution is 0.927. The lowest BCUT2D eigenvalue weighted by Gasteiger charge is -2.11. The molecule has 0 spiro atoms. The molecule has 3 nitrogen and oxygen atoms in total. The molecule has 1 heterocycles. The van der Waals surface area contributed by atoms with Crippen LogP contribution < -0.4 is 4.90 Å². The Kier molecular flexibility index (Phi) is 6.42. The van der Waals surface area contributed by atoms with Crippen molar-refractivity contribution in [2.45, 2.75) is 10.9 Å². The van der Waals surface area contributed by atoms with E-state index in [0.717, 1.165) is 27.3 Å². The minimum Gasteiger partial charge on any atom is -0.363 e. The predicted octanol–water partition coefficient (Wildman–Crippen LogP) is 3.91. The highest BCUT2D eigenvalue weighted by Gasteiger charge is 2.04. The standard InChI is InChI=1S/C13H14ClN3S.ClH/c1-17(2)12-7-8-15-13(16-12)18-9-10-5-3-4-6-11(10)14;/h3-8H,9H2,1-2H3;1H. The van der Waals surface area contributed by atoms with Crippen molar-refractivity contribution in [1.29, 1.82) is 0 Å². The van der Waals surface area contributed by atoms with Crippen LogP contribution in [0, 0.1) is 0 Å². The van der Waals surface area contributed by atoms with E-state index in [1.54, 1.807) is 18.0 Å². The molecule has 0 fully saturated rings. The van der Waals surface area contributed by atoms with E-state index in [1.807, 2.05) is 49.3 Å². The zero-order valence-corrected chi connectivity index (χ0v) is 13.1. The largest absolute Gasteiger partial charge is 0.363 e. The second-order valence-electron chi connectivity index (χ2n) is 3.97. The molecule has 0 amide bonds. The summed E-state index contributed by atoms with van der Waals surface area (Å²) >= 11 is 7.70. The minimum atomic E-state index is 0. The highest BCUT2D eigenvalue weighted by molar-refractivity contribution is 7.98. The third-order valence-corrected chi connectivity index (χ3v) is 3.67. The number of anilines is 1. The van der Waals surface area contributed by atoms with E-state index in [1.165, 1.54) is 0 Å². The fourth-order valence-electron chi connectivity index (χ4n) is 1.41. The zero-order chi connectivity index (χ0) is 13.0. The van der Waals surface area contributed by atoms with Crippen LogP contribution in [0.5, 0.6) is 0 Å². The van der Waals surface area contributed by atoms with Gasteiger partial charge in [0.1, 0.15) is 5.82 Å². The molecule has 19 heavy (non-hydrogen) atoms. The van der Waals surface area contributed by atoms with Crippen molar-refractivity contribution < 1.29 is 0 Å². The first-order valence-corrected chi connectivity index (χ1v) is 6.90.